The molecule has 0 saturated heterocycles. The molecule has 0 atom stereocenters. The smallest absolute Gasteiger partial charge is 0.396 e. The van der Waals surface area contributed by atoms with Crippen LogP contribution in [0.25, 0.3) is 11.3 Å². The standard InChI is InChI=1S/C17H18F3N5O/c1-23-14-8-13(24-15(9-21)16(14)25-22)11-5-4-10(3-2-6-26)12(7-11)17(18,19)20/h4-5,7-8,25-26H,2-3,6,22H2,1H3,(H,23,24). The third-order valence-electron chi connectivity index (χ3n) is 3.85. The van der Waals surface area contributed by atoms with E-state index in [9.17, 15) is 18.4 Å². The van der Waals surface area contributed by atoms with Gasteiger partial charge >= 0.3 is 6.18 Å². The second-order valence-electron chi connectivity index (χ2n) is 5.48. The fourth-order valence-corrected chi connectivity index (χ4v) is 2.60. The van der Waals surface area contributed by atoms with Gasteiger partial charge in [0.05, 0.1) is 16.9 Å². The highest BCUT2D eigenvalue weighted by Crippen LogP contribution is 2.36. The number of hydrazine groups is 1. The number of hydrogen-bond donors (Lipinski definition) is 4. The lowest BCUT2D eigenvalue weighted by molar-refractivity contribution is -0.138. The molecule has 0 unspecified atom stereocenters. The second-order valence-corrected chi connectivity index (χ2v) is 5.48. The number of nitrogens with zero attached hydrogens (tertiary/aromatic N) is 2. The Kier molecular flexibility index (Phi) is 6.02. The Morgan fingerprint density at radius 2 is 2.04 bits per heavy atom. The first-order chi connectivity index (χ1) is 12.3. The Balaban J connectivity index is 2.60. The van der Waals surface area contributed by atoms with E-state index in [2.05, 4.69) is 15.7 Å². The van der Waals surface area contributed by atoms with Gasteiger partial charge in [-0.2, -0.15) is 18.4 Å². The fraction of sp³-hybridized carbons (Fsp3) is 0.294. The van der Waals surface area contributed by atoms with E-state index in [0.29, 0.717) is 5.69 Å². The molecule has 138 valence electrons. The van der Waals surface area contributed by atoms with Gasteiger partial charge in [-0.25, -0.2) is 4.98 Å². The molecule has 1 aromatic heterocycles. The minimum atomic E-state index is -4.54. The molecule has 0 spiro atoms. The summed E-state index contributed by atoms with van der Waals surface area (Å²) in [5.74, 6) is 5.39. The molecule has 0 amide bonds. The van der Waals surface area contributed by atoms with E-state index in [1.165, 1.54) is 18.2 Å². The van der Waals surface area contributed by atoms with Crippen LogP contribution in [-0.2, 0) is 12.6 Å². The average Bonchev–Trinajstić information content (AvgIpc) is 2.64. The molecule has 1 aromatic carbocycles. The molecule has 9 heteroatoms. The first kappa shape index (κ1) is 19.5. The van der Waals surface area contributed by atoms with Gasteiger partial charge in [0.1, 0.15) is 11.8 Å². The van der Waals surface area contributed by atoms with E-state index >= 15 is 0 Å². The van der Waals surface area contributed by atoms with Crippen molar-refractivity contribution in [1.82, 2.24) is 4.98 Å². The number of nitrogens with two attached hydrogens (primary N) is 1. The Hall–Kier alpha value is -2.83. The Morgan fingerprint density at radius 1 is 1.31 bits per heavy atom. The quantitative estimate of drug-likeness (QED) is 0.463. The van der Waals surface area contributed by atoms with Crippen LogP contribution < -0.4 is 16.6 Å². The minimum Gasteiger partial charge on any atom is -0.396 e. The topological polar surface area (TPSA) is 107 Å². The molecule has 0 aliphatic rings. The SMILES string of the molecule is CNc1cc(-c2ccc(CCCO)c(C(F)(F)F)c2)nc(C#N)c1NN. The number of nitriles is 1. The van der Waals surface area contributed by atoms with Crippen molar-refractivity contribution in [2.45, 2.75) is 19.0 Å². The van der Waals surface area contributed by atoms with Crippen molar-refractivity contribution in [3.05, 3.63) is 41.1 Å². The summed E-state index contributed by atoms with van der Waals surface area (Å²) in [6.07, 6.45) is -4.19. The van der Waals surface area contributed by atoms with Crippen molar-refractivity contribution in [2.75, 3.05) is 24.4 Å². The number of alkyl halides is 3. The maximum Gasteiger partial charge on any atom is 0.416 e. The van der Waals surface area contributed by atoms with Gasteiger partial charge in [-0.05, 0) is 30.5 Å². The van der Waals surface area contributed by atoms with Crippen molar-refractivity contribution in [2.24, 2.45) is 5.84 Å². The molecule has 0 bridgehead atoms. The number of pyridine rings is 1. The van der Waals surface area contributed by atoms with Crippen LogP contribution in [0.15, 0.2) is 24.3 Å². The van der Waals surface area contributed by atoms with Gasteiger partial charge in [0.2, 0.25) is 0 Å². The van der Waals surface area contributed by atoms with Crippen LogP contribution in [0.4, 0.5) is 24.5 Å². The highest BCUT2D eigenvalue weighted by molar-refractivity contribution is 5.78. The fourth-order valence-electron chi connectivity index (χ4n) is 2.60. The van der Waals surface area contributed by atoms with Crippen LogP contribution in [0.2, 0.25) is 0 Å². The lowest BCUT2D eigenvalue weighted by Gasteiger charge is -2.16. The van der Waals surface area contributed by atoms with E-state index in [1.54, 1.807) is 7.05 Å². The van der Waals surface area contributed by atoms with Crippen LogP contribution >= 0.6 is 0 Å². The van der Waals surface area contributed by atoms with Gasteiger partial charge in [-0.1, -0.05) is 12.1 Å². The summed E-state index contributed by atoms with van der Waals surface area (Å²) in [4.78, 5) is 4.10. The molecule has 0 saturated carbocycles. The van der Waals surface area contributed by atoms with E-state index in [0.717, 1.165) is 6.07 Å². The molecule has 1 heterocycles. The zero-order valence-corrected chi connectivity index (χ0v) is 14.0. The van der Waals surface area contributed by atoms with Gasteiger partial charge in [0.15, 0.2) is 5.69 Å². The highest BCUT2D eigenvalue weighted by Gasteiger charge is 2.33. The van der Waals surface area contributed by atoms with E-state index in [4.69, 9.17) is 10.9 Å². The van der Waals surface area contributed by atoms with Crippen LogP contribution in [0.5, 0.6) is 0 Å². The number of hydrogen-bond acceptors (Lipinski definition) is 6. The zero-order valence-electron chi connectivity index (χ0n) is 14.0. The van der Waals surface area contributed by atoms with Gasteiger partial charge in [0.25, 0.3) is 0 Å². The predicted octanol–water partition coefficient (Wildman–Crippen LogP) is 2.89. The molecule has 5 N–H and O–H groups in total. The van der Waals surface area contributed by atoms with Gasteiger partial charge in [0, 0.05) is 19.2 Å². The number of aliphatic hydroxyl groups is 1. The lowest BCUT2D eigenvalue weighted by Crippen LogP contribution is -2.13. The first-order valence-electron chi connectivity index (χ1n) is 7.76. The number of anilines is 2. The zero-order chi connectivity index (χ0) is 19.3. The summed E-state index contributed by atoms with van der Waals surface area (Å²) < 4.78 is 40.2. The molecule has 0 aliphatic heterocycles. The van der Waals surface area contributed by atoms with Crippen molar-refractivity contribution in [3.63, 3.8) is 0 Å². The Labute approximate surface area is 148 Å². The van der Waals surface area contributed by atoms with Gasteiger partial charge in [-0.15, -0.1) is 0 Å². The number of benzene rings is 1. The second kappa shape index (κ2) is 8.03. The molecule has 0 radical (unpaired) electrons. The molecular weight excluding hydrogens is 347 g/mol. The minimum absolute atomic E-state index is 0.0349. The number of nitrogen functional groups attached to an aromatic ring is 1. The van der Waals surface area contributed by atoms with E-state index in [1.807, 2.05) is 6.07 Å². The maximum atomic E-state index is 13.4. The summed E-state index contributed by atoms with van der Waals surface area (Å²) in [7, 11) is 1.60. The van der Waals surface area contributed by atoms with Crippen molar-refractivity contribution in [1.29, 1.82) is 5.26 Å². The first-order valence-corrected chi connectivity index (χ1v) is 7.76. The van der Waals surface area contributed by atoms with E-state index < -0.39 is 11.7 Å². The summed E-state index contributed by atoms with van der Waals surface area (Å²) in [5.41, 5.74) is 2.78. The van der Waals surface area contributed by atoms with Gasteiger partial charge in [-0.3, -0.25) is 5.84 Å². The predicted molar refractivity (Wildman–Crippen MR) is 92.2 cm³/mol. The van der Waals surface area contributed by atoms with Crippen molar-refractivity contribution >= 4 is 11.4 Å². The van der Waals surface area contributed by atoms with Crippen molar-refractivity contribution < 1.29 is 18.3 Å². The number of aryl methyl sites for hydroxylation is 1. The molecule has 2 aromatic rings. The molecule has 6 nitrogen and oxygen atoms in total. The highest BCUT2D eigenvalue weighted by atomic mass is 19.4. The summed E-state index contributed by atoms with van der Waals surface area (Å²) in [6, 6.07) is 7.27. The number of rotatable bonds is 6. The monoisotopic (exact) mass is 365 g/mol. The molecular formula is C17H18F3N5O. The third kappa shape index (κ3) is 4.04. The average molecular weight is 365 g/mol. The van der Waals surface area contributed by atoms with Crippen LogP contribution in [0, 0.1) is 11.3 Å². The molecule has 26 heavy (non-hydrogen) atoms. The molecule has 0 fully saturated rings. The summed E-state index contributed by atoms with van der Waals surface area (Å²) >= 11 is 0. The third-order valence-corrected chi connectivity index (χ3v) is 3.85. The van der Waals surface area contributed by atoms with Crippen LogP contribution in [0.3, 0.4) is 0 Å². The van der Waals surface area contributed by atoms with Gasteiger partial charge < -0.3 is 15.8 Å². The van der Waals surface area contributed by atoms with Crippen LogP contribution in [-0.4, -0.2) is 23.7 Å². The number of nitrogens with one attached hydrogen (secondary N) is 2. The Bertz CT molecular complexity index is 830. The lowest BCUT2D eigenvalue weighted by atomic mass is 9.98. The van der Waals surface area contributed by atoms with Crippen LogP contribution in [0.1, 0.15) is 23.2 Å². The molecule has 2 rings (SSSR count). The van der Waals surface area contributed by atoms with Crippen molar-refractivity contribution in [3.8, 4) is 17.3 Å². The number of aromatic nitrogens is 1. The normalized spacial score (nSPS) is 11.1. The summed E-state index contributed by atoms with van der Waals surface area (Å²) in [5, 5.41) is 20.9. The number of aliphatic hydroxyl groups excluding tert-OH is 1. The number of halogens is 3. The van der Waals surface area contributed by atoms with E-state index in [-0.39, 0.29) is 47.7 Å². The largest absolute Gasteiger partial charge is 0.416 e. The molecule has 0 aliphatic carbocycles. The maximum absolute atomic E-state index is 13.4. The summed E-state index contributed by atoms with van der Waals surface area (Å²) in [6.45, 7) is -0.189. The Morgan fingerprint density at radius 3 is 2.58 bits per heavy atom.